The van der Waals surface area contributed by atoms with Gasteiger partial charge in [-0.15, -0.1) is 0 Å². The molecule has 1 fully saturated rings. The van der Waals surface area contributed by atoms with Crippen LogP contribution in [0.25, 0.3) is 0 Å². The van der Waals surface area contributed by atoms with Crippen LogP contribution in [0, 0.1) is 18.3 Å². The molecule has 1 N–H and O–H groups in total. The molecule has 2 rings (SSSR count). The minimum absolute atomic E-state index is 0.0855. The normalized spacial score (nSPS) is 22.1. The Morgan fingerprint density at radius 3 is 2.89 bits per heavy atom. The predicted octanol–water partition coefficient (Wildman–Crippen LogP) is 1.86. The summed E-state index contributed by atoms with van der Waals surface area (Å²) in [6.45, 7) is 1.88. The summed E-state index contributed by atoms with van der Waals surface area (Å²) in [5.74, 6) is 0.440. The summed E-state index contributed by atoms with van der Waals surface area (Å²) < 4.78 is 23.1. The molecular weight excluding hydrogens is 248 g/mol. The summed E-state index contributed by atoms with van der Waals surface area (Å²) in [4.78, 5) is 0. The third kappa shape index (κ3) is 2.82. The number of nitrogens with zero attached hydrogens (tertiary/aromatic N) is 1. The largest absolute Gasteiger partial charge is 0.380 e. The van der Waals surface area contributed by atoms with Gasteiger partial charge in [0.1, 0.15) is 6.07 Å². The van der Waals surface area contributed by atoms with Crippen LogP contribution in [0.15, 0.2) is 18.2 Å². The number of hydrogen-bond donors (Lipinski definition) is 1. The average molecular weight is 264 g/mol. The summed E-state index contributed by atoms with van der Waals surface area (Å²) >= 11 is 0. The minimum atomic E-state index is -2.93. The second-order valence-corrected chi connectivity index (χ2v) is 6.94. The fourth-order valence-electron chi connectivity index (χ4n) is 2.29. The molecule has 0 radical (unpaired) electrons. The fourth-order valence-corrected chi connectivity index (χ4v) is 3.93. The lowest BCUT2D eigenvalue weighted by Crippen LogP contribution is -2.35. The maximum Gasteiger partial charge on any atom is 0.152 e. The Bertz CT molecular complexity index is 587. The Kier molecular flexibility index (Phi) is 3.58. The SMILES string of the molecule is Cc1cccc(NC2CCCS(=O)(=O)C2)c1C#N. The van der Waals surface area contributed by atoms with E-state index < -0.39 is 9.84 Å². The van der Waals surface area contributed by atoms with Gasteiger partial charge in [0.25, 0.3) is 0 Å². The number of benzene rings is 1. The molecule has 1 aromatic carbocycles. The molecule has 5 heteroatoms. The number of nitriles is 1. The first-order valence-corrected chi connectivity index (χ1v) is 7.80. The standard InChI is InChI=1S/C13H16N2O2S/c1-10-4-2-6-13(12(10)8-14)15-11-5-3-7-18(16,17)9-11/h2,4,6,11,15H,3,5,7,9H2,1H3. The highest BCUT2D eigenvalue weighted by atomic mass is 32.2. The zero-order valence-corrected chi connectivity index (χ0v) is 11.1. The smallest absolute Gasteiger partial charge is 0.152 e. The number of anilines is 1. The molecule has 0 spiro atoms. The van der Waals surface area contributed by atoms with Gasteiger partial charge in [0.2, 0.25) is 0 Å². The summed E-state index contributed by atoms with van der Waals surface area (Å²) in [5, 5.41) is 12.3. The highest BCUT2D eigenvalue weighted by Gasteiger charge is 2.25. The molecular formula is C13H16N2O2S. The van der Waals surface area contributed by atoms with Gasteiger partial charge in [-0.25, -0.2) is 8.42 Å². The van der Waals surface area contributed by atoms with Gasteiger partial charge >= 0.3 is 0 Å². The van der Waals surface area contributed by atoms with Crippen molar-refractivity contribution in [2.24, 2.45) is 0 Å². The predicted molar refractivity (Wildman–Crippen MR) is 71.2 cm³/mol. The van der Waals surface area contributed by atoms with Crippen molar-refractivity contribution in [2.45, 2.75) is 25.8 Å². The van der Waals surface area contributed by atoms with Crippen LogP contribution >= 0.6 is 0 Å². The summed E-state index contributed by atoms with van der Waals surface area (Å²) in [6.07, 6.45) is 1.52. The molecule has 1 saturated heterocycles. The van der Waals surface area contributed by atoms with E-state index in [9.17, 15) is 8.42 Å². The van der Waals surface area contributed by atoms with Crippen LogP contribution in [0.1, 0.15) is 24.0 Å². The van der Waals surface area contributed by atoms with Gasteiger partial charge in [-0.05, 0) is 31.4 Å². The average Bonchev–Trinajstić information content (AvgIpc) is 2.28. The lowest BCUT2D eigenvalue weighted by molar-refractivity contribution is 0.562. The summed E-state index contributed by atoms with van der Waals surface area (Å²) in [7, 11) is -2.93. The molecule has 0 aromatic heterocycles. The van der Waals surface area contributed by atoms with Crippen LogP contribution in [0.4, 0.5) is 5.69 Å². The van der Waals surface area contributed by atoms with Crippen molar-refractivity contribution < 1.29 is 8.42 Å². The maximum absolute atomic E-state index is 11.6. The Hall–Kier alpha value is -1.54. The fraction of sp³-hybridized carbons (Fsp3) is 0.462. The molecule has 4 nitrogen and oxygen atoms in total. The van der Waals surface area contributed by atoms with E-state index >= 15 is 0 Å². The van der Waals surface area contributed by atoms with Gasteiger partial charge in [-0.3, -0.25) is 0 Å². The quantitative estimate of drug-likeness (QED) is 0.885. The molecule has 96 valence electrons. The molecule has 1 atom stereocenters. The highest BCUT2D eigenvalue weighted by molar-refractivity contribution is 7.91. The van der Waals surface area contributed by atoms with Gasteiger partial charge in [0, 0.05) is 6.04 Å². The molecule has 0 amide bonds. The second-order valence-electron chi connectivity index (χ2n) is 4.71. The van der Waals surface area contributed by atoms with E-state index in [1.165, 1.54) is 0 Å². The van der Waals surface area contributed by atoms with E-state index in [4.69, 9.17) is 5.26 Å². The van der Waals surface area contributed by atoms with E-state index in [2.05, 4.69) is 11.4 Å². The van der Waals surface area contributed by atoms with Crippen molar-refractivity contribution in [3.05, 3.63) is 29.3 Å². The van der Waals surface area contributed by atoms with Crippen molar-refractivity contribution in [1.82, 2.24) is 0 Å². The maximum atomic E-state index is 11.6. The van der Waals surface area contributed by atoms with Crippen molar-refractivity contribution in [3.63, 3.8) is 0 Å². The molecule has 1 unspecified atom stereocenters. The highest BCUT2D eigenvalue weighted by Crippen LogP contribution is 2.22. The van der Waals surface area contributed by atoms with E-state index in [1.54, 1.807) is 0 Å². The van der Waals surface area contributed by atoms with Crippen molar-refractivity contribution in [1.29, 1.82) is 5.26 Å². The first-order valence-electron chi connectivity index (χ1n) is 5.98. The molecule has 1 aliphatic rings. The third-order valence-electron chi connectivity index (χ3n) is 3.21. The molecule has 18 heavy (non-hydrogen) atoms. The van der Waals surface area contributed by atoms with Crippen LogP contribution < -0.4 is 5.32 Å². The second kappa shape index (κ2) is 4.99. The molecule has 1 heterocycles. The molecule has 0 aliphatic carbocycles. The van der Waals surface area contributed by atoms with Crippen LogP contribution in [0.3, 0.4) is 0 Å². The first kappa shape index (κ1) is 12.9. The van der Waals surface area contributed by atoms with Gasteiger partial charge in [-0.1, -0.05) is 12.1 Å². The monoisotopic (exact) mass is 264 g/mol. The molecule has 0 saturated carbocycles. The lowest BCUT2D eigenvalue weighted by atomic mass is 10.1. The van der Waals surface area contributed by atoms with Crippen molar-refractivity contribution in [3.8, 4) is 6.07 Å². The van der Waals surface area contributed by atoms with E-state index in [1.807, 2.05) is 25.1 Å². The van der Waals surface area contributed by atoms with Crippen molar-refractivity contribution >= 4 is 15.5 Å². The summed E-state index contributed by atoms with van der Waals surface area (Å²) in [6, 6.07) is 7.65. The van der Waals surface area contributed by atoms with Crippen molar-refractivity contribution in [2.75, 3.05) is 16.8 Å². The molecule has 1 aliphatic heterocycles. The van der Waals surface area contributed by atoms with Gasteiger partial charge in [-0.2, -0.15) is 5.26 Å². The molecule has 1 aromatic rings. The summed E-state index contributed by atoms with van der Waals surface area (Å²) in [5.41, 5.74) is 2.24. The Balaban J connectivity index is 2.20. The number of nitrogens with one attached hydrogen (secondary N) is 1. The number of hydrogen-bond acceptors (Lipinski definition) is 4. The lowest BCUT2D eigenvalue weighted by Gasteiger charge is -2.24. The zero-order valence-electron chi connectivity index (χ0n) is 10.3. The molecule has 0 bridgehead atoms. The number of sulfone groups is 1. The van der Waals surface area contributed by atoms with E-state index in [0.29, 0.717) is 12.0 Å². The first-order chi connectivity index (χ1) is 8.52. The van der Waals surface area contributed by atoms with Crippen LogP contribution in [-0.4, -0.2) is 26.0 Å². The Morgan fingerprint density at radius 2 is 2.22 bits per heavy atom. The van der Waals surface area contributed by atoms with Crippen LogP contribution in [0.2, 0.25) is 0 Å². The number of aryl methyl sites for hydroxylation is 1. The topological polar surface area (TPSA) is 70.0 Å². The van der Waals surface area contributed by atoms with Gasteiger partial charge < -0.3 is 5.32 Å². The zero-order chi connectivity index (χ0) is 13.2. The van der Waals surface area contributed by atoms with E-state index in [0.717, 1.165) is 17.7 Å². The third-order valence-corrected chi connectivity index (χ3v) is 5.03. The minimum Gasteiger partial charge on any atom is -0.380 e. The van der Waals surface area contributed by atoms with E-state index in [-0.39, 0.29) is 17.5 Å². The number of rotatable bonds is 2. The Labute approximate surface area is 108 Å². The van der Waals surface area contributed by atoms with Crippen LogP contribution in [-0.2, 0) is 9.84 Å². The Morgan fingerprint density at radius 1 is 1.44 bits per heavy atom. The van der Waals surface area contributed by atoms with Gasteiger partial charge in [0.05, 0.1) is 22.8 Å². The van der Waals surface area contributed by atoms with Crippen LogP contribution in [0.5, 0.6) is 0 Å². The van der Waals surface area contributed by atoms with Gasteiger partial charge in [0.15, 0.2) is 9.84 Å².